The Kier molecular flexibility index (Phi) is 27.6. The quantitative estimate of drug-likeness (QED) is 0.0172. The van der Waals surface area contributed by atoms with Crippen molar-refractivity contribution in [2.45, 2.75) is 107 Å². The van der Waals surface area contributed by atoms with E-state index >= 15 is 0 Å². The fourth-order valence-corrected chi connectivity index (χ4v) is 8.51. The topological polar surface area (TPSA) is 418 Å². The molecule has 3 rings (SSSR count). The molecular weight excluding hydrogens is 977 g/mol. The van der Waals surface area contributed by atoms with E-state index in [0.717, 1.165) is 0 Å². The second kappa shape index (κ2) is 33.4. The SMILES string of the molecule is CC(N)=NCCC[C@@H](NC(=O)[C@@H](CCCN=C(N)N)NC(=O)CCCCCNC(=O)[C@@H](CCCCN)NC(=O)c1ccc(CNC(=O)CNCC(=O)NCCNS(=O)(=O)c2cccc3cnccc23)cc1)C(N)=O. The number of unbranched alkanes of at least 4 members (excludes halogenated alkanes) is 3. The third-order valence-corrected chi connectivity index (χ3v) is 12.7. The molecular formula is C48H74N16O9S. The second-order valence-electron chi connectivity index (χ2n) is 17.3. The highest BCUT2D eigenvalue weighted by molar-refractivity contribution is 7.89. The third kappa shape index (κ3) is 24.0. The average Bonchev–Trinajstić information content (AvgIpc) is 3.36. The van der Waals surface area contributed by atoms with Gasteiger partial charge < -0.3 is 60.6 Å². The zero-order valence-corrected chi connectivity index (χ0v) is 42.8. The Balaban J connectivity index is 1.37. The number of aliphatic imine (C=N–C) groups is 2. The molecule has 1 heterocycles. The van der Waals surface area contributed by atoms with E-state index in [0.29, 0.717) is 92.2 Å². The summed E-state index contributed by atoms with van der Waals surface area (Å²) in [5.74, 6) is -3.07. The molecule has 3 aromatic rings. The molecule has 0 spiro atoms. The van der Waals surface area contributed by atoms with Crippen LogP contribution in [0.15, 0.2) is 75.8 Å². The molecule has 0 saturated carbocycles. The number of nitrogens with one attached hydrogen (secondary N) is 8. The smallest absolute Gasteiger partial charge is 0.251 e. The van der Waals surface area contributed by atoms with Crippen molar-refractivity contribution < 1.29 is 42.0 Å². The number of guanidine groups is 1. The van der Waals surface area contributed by atoms with Crippen LogP contribution >= 0.6 is 0 Å². The molecule has 0 unspecified atom stereocenters. The van der Waals surface area contributed by atoms with E-state index in [1.165, 1.54) is 12.3 Å². The molecule has 18 N–H and O–H groups in total. The van der Waals surface area contributed by atoms with Gasteiger partial charge in [-0.3, -0.25) is 53.8 Å². The van der Waals surface area contributed by atoms with Gasteiger partial charge in [0.25, 0.3) is 5.91 Å². The van der Waals surface area contributed by atoms with Gasteiger partial charge in [0.2, 0.25) is 45.5 Å². The number of benzene rings is 2. The highest BCUT2D eigenvalue weighted by Gasteiger charge is 2.26. The molecule has 0 saturated heterocycles. The molecule has 0 radical (unpaired) electrons. The van der Waals surface area contributed by atoms with Gasteiger partial charge in [0.15, 0.2) is 5.96 Å². The molecule has 2 aromatic carbocycles. The minimum Gasteiger partial charge on any atom is -0.388 e. The highest BCUT2D eigenvalue weighted by Crippen LogP contribution is 2.21. The predicted octanol–water partition coefficient (Wildman–Crippen LogP) is -1.89. The maximum Gasteiger partial charge on any atom is 0.251 e. The lowest BCUT2D eigenvalue weighted by molar-refractivity contribution is -0.131. The summed E-state index contributed by atoms with van der Waals surface area (Å²) in [7, 11) is -3.85. The molecule has 0 aliphatic heterocycles. The number of carbonyl (C=O) groups excluding carboxylic acids is 7. The minimum absolute atomic E-state index is 0.0259. The Hall–Kier alpha value is -7.29. The van der Waals surface area contributed by atoms with E-state index in [1.54, 1.807) is 55.6 Å². The number of hydrogen-bond acceptors (Lipinski definition) is 14. The van der Waals surface area contributed by atoms with Gasteiger partial charge in [0.05, 0.1) is 23.8 Å². The molecule has 3 atom stereocenters. The lowest BCUT2D eigenvalue weighted by Crippen LogP contribution is -2.53. The zero-order valence-electron chi connectivity index (χ0n) is 42.0. The van der Waals surface area contributed by atoms with Crippen molar-refractivity contribution in [2.24, 2.45) is 38.7 Å². The van der Waals surface area contributed by atoms with Gasteiger partial charge in [-0.1, -0.05) is 30.7 Å². The number of aromatic nitrogens is 1. The number of nitrogens with two attached hydrogens (primary N) is 5. The van der Waals surface area contributed by atoms with Crippen molar-refractivity contribution in [3.63, 3.8) is 0 Å². The van der Waals surface area contributed by atoms with Crippen LogP contribution in [0.4, 0.5) is 0 Å². The molecule has 26 heteroatoms. The van der Waals surface area contributed by atoms with Crippen molar-refractivity contribution >= 4 is 73.9 Å². The summed E-state index contributed by atoms with van der Waals surface area (Å²) in [6.45, 7) is 2.69. The molecule has 406 valence electrons. The average molecular weight is 1050 g/mol. The summed E-state index contributed by atoms with van der Waals surface area (Å²) >= 11 is 0. The number of rotatable bonds is 36. The highest BCUT2D eigenvalue weighted by atomic mass is 32.2. The number of pyridine rings is 1. The molecule has 1 aromatic heterocycles. The van der Waals surface area contributed by atoms with Crippen molar-refractivity contribution in [3.05, 3.63) is 72.1 Å². The van der Waals surface area contributed by atoms with Gasteiger partial charge in [-0.25, -0.2) is 13.1 Å². The molecule has 74 heavy (non-hydrogen) atoms. The van der Waals surface area contributed by atoms with Crippen LogP contribution in [0.2, 0.25) is 0 Å². The van der Waals surface area contributed by atoms with Crippen LogP contribution in [-0.2, 0) is 45.3 Å². The number of carbonyl (C=O) groups is 7. The van der Waals surface area contributed by atoms with Gasteiger partial charge in [-0.15, -0.1) is 0 Å². The predicted molar refractivity (Wildman–Crippen MR) is 281 cm³/mol. The standard InChI is InChI=1S/C48H74N16O9S/c1-32(50)56-23-8-12-37(44(51)68)63-47(71)39(13-9-24-59-48(52)53)62-41(65)15-3-2-6-22-58-46(70)38(11-4-5-21-49)64-45(69)34-18-16-33(17-19-34)28-60-43(67)31-55-30-42(66)57-26-27-61-74(72,73)40-14-7-10-35-29-54-25-20-36(35)40/h7,10,14,16-20,25,29,37-39,55,61H,2-6,8-9,11-13,15,21-24,26-28,30-31,49H2,1H3,(H2,50,56)(H2,51,68)(H,57,66)(H,58,70)(H,60,67)(H,62,65)(H,63,71)(H,64,69)(H4,52,53,59)/t37-,38-,39-/m1/s1. The first-order chi connectivity index (χ1) is 35.4. The van der Waals surface area contributed by atoms with E-state index in [2.05, 4.69) is 56.9 Å². The lowest BCUT2D eigenvalue weighted by atomic mass is 10.1. The number of hydrogen-bond donors (Lipinski definition) is 13. The van der Waals surface area contributed by atoms with Crippen LogP contribution in [0, 0.1) is 0 Å². The monoisotopic (exact) mass is 1050 g/mol. The summed E-state index contributed by atoms with van der Waals surface area (Å²) < 4.78 is 28.2. The number of nitrogens with zero attached hydrogens (tertiary/aromatic N) is 3. The van der Waals surface area contributed by atoms with Crippen molar-refractivity contribution in [1.29, 1.82) is 0 Å². The van der Waals surface area contributed by atoms with Crippen LogP contribution < -0.4 is 70.6 Å². The third-order valence-electron chi connectivity index (χ3n) is 11.2. The molecule has 0 aliphatic rings. The molecule has 0 aliphatic carbocycles. The number of amides is 7. The van der Waals surface area contributed by atoms with Gasteiger partial charge in [-0.2, -0.15) is 0 Å². The Morgan fingerprint density at radius 2 is 1.32 bits per heavy atom. The van der Waals surface area contributed by atoms with Gasteiger partial charge in [0.1, 0.15) is 18.1 Å². The number of primary amides is 1. The first-order valence-electron chi connectivity index (χ1n) is 24.5. The van der Waals surface area contributed by atoms with E-state index in [1.807, 2.05) is 0 Å². The van der Waals surface area contributed by atoms with Gasteiger partial charge >= 0.3 is 0 Å². The number of amidine groups is 1. The van der Waals surface area contributed by atoms with Crippen molar-refractivity contribution in [1.82, 2.24) is 46.9 Å². The van der Waals surface area contributed by atoms with E-state index < -0.39 is 51.8 Å². The summed E-state index contributed by atoms with van der Waals surface area (Å²) in [5.41, 5.74) is 28.6. The summed E-state index contributed by atoms with van der Waals surface area (Å²) in [4.78, 5) is 102. The van der Waals surface area contributed by atoms with Crippen molar-refractivity contribution in [3.8, 4) is 0 Å². The van der Waals surface area contributed by atoms with E-state index in [4.69, 9.17) is 28.7 Å². The number of sulfonamides is 1. The van der Waals surface area contributed by atoms with Crippen LogP contribution in [0.5, 0.6) is 0 Å². The lowest BCUT2D eigenvalue weighted by Gasteiger charge is -2.22. The van der Waals surface area contributed by atoms with Crippen LogP contribution in [0.25, 0.3) is 10.8 Å². The van der Waals surface area contributed by atoms with Gasteiger partial charge in [0, 0.05) is 74.4 Å². The van der Waals surface area contributed by atoms with Crippen LogP contribution in [-0.4, -0.2) is 137 Å². The largest absolute Gasteiger partial charge is 0.388 e. The van der Waals surface area contributed by atoms with Crippen LogP contribution in [0.3, 0.4) is 0 Å². The Bertz CT molecular complexity index is 2480. The Morgan fingerprint density at radius 3 is 2.01 bits per heavy atom. The summed E-state index contributed by atoms with van der Waals surface area (Å²) in [6.07, 6.45) is 7.54. The Labute approximate surface area is 431 Å². The van der Waals surface area contributed by atoms with E-state index in [-0.39, 0.29) is 93.7 Å². The fraction of sp³-hybridized carbons (Fsp3) is 0.500. The summed E-state index contributed by atoms with van der Waals surface area (Å²) in [5, 5.41) is 20.3. The summed E-state index contributed by atoms with van der Waals surface area (Å²) in [6, 6.07) is 10.2. The molecule has 0 bridgehead atoms. The first-order valence-corrected chi connectivity index (χ1v) is 26.0. The maximum absolute atomic E-state index is 13.3. The zero-order chi connectivity index (χ0) is 54.3. The fourth-order valence-electron chi connectivity index (χ4n) is 7.25. The maximum atomic E-state index is 13.3. The van der Waals surface area contributed by atoms with Crippen molar-refractivity contribution in [2.75, 3.05) is 52.4 Å². The molecule has 7 amide bonds. The minimum atomic E-state index is -3.85. The first kappa shape index (κ1) is 61.0. The molecule has 25 nitrogen and oxygen atoms in total. The molecule has 0 fully saturated rings. The second-order valence-corrected chi connectivity index (χ2v) is 19.0. The van der Waals surface area contributed by atoms with E-state index in [9.17, 15) is 42.0 Å². The van der Waals surface area contributed by atoms with Crippen LogP contribution in [0.1, 0.15) is 93.5 Å². The Morgan fingerprint density at radius 1 is 0.649 bits per heavy atom. The number of fused-ring (bicyclic) bond motifs is 1. The normalized spacial score (nSPS) is 12.6. The van der Waals surface area contributed by atoms with Gasteiger partial charge in [-0.05, 0) is 101 Å².